The van der Waals surface area contributed by atoms with Gasteiger partial charge in [-0.05, 0) is 37.8 Å². The van der Waals surface area contributed by atoms with Crippen molar-refractivity contribution in [1.29, 1.82) is 0 Å². The van der Waals surface area contributed by atoms with Gasteiger partial charge in [0, 0.05) is 29.8 Å². The number of rotatable bonds is 8. The molecule has 112 valence electrons. The van der Waals surface area contributed by atoms with Gasteiger partial charge in [-0.3, -0.25) is 0 Å². The number of halogens is 3. The Labute approximate surface area is 125 Å². The van der Waals surface area contributed by atoms with Gasteiger partial charge in [0.05, 0.1) is 0 Å². The highest BCUT2D eigenvalue weighted by atomic mass is 79.9. The number of hydrogen-bond acceptors (Lipinski definition) is 3. The molecule has 6 heteroatoms. The third kappa shape index (κ3) is 4.40. The van der Waals surface area contributed by atoms with Crippen LogP contribution in [-0.2, 0) is 11.3 Å². The highest BCUT2D eigenvalue weighted by molar-refractivity contribution is 9.10. The lowest BCUT2D eigenvalue weighted by Gasteiger charge is -2.10. The van der Waals surface area contributed by atoms with E-state index in [0.29, 0.717) is 17.6 Å². The van der Waals surface area contributed by atoms with E-state index in [2.05, 4.69) is 21.2 Å². The Kier molecular flexibility index (Phi) is 5.74. The van der Waals surface area contributed by atoms with Gasteiger partial charge in [0.15, 0.2) is 11.6 Å². The Morgan fingerprint density at radius 3 is 2.80 bits per heavy atom. The minimum absolute atomic E-state index is 0.180. The van der Waals surface area contributed by atoms with Crippen molar-refractivity contribution in [3.63, 3.8) is 0 Å². The van der Waals surface area contributed by atoms with Crippen molar-refractivity contribution in [2.24, 2.45) is 5.92 Å². The molecule has 0 unspecified atom stereocenters. The molecule has 2 rings (SSSR count). The van der Waals surface area contributed by atoms with E-state index >= 15 is 0 Å². The van der Waals surface area contributed by atoms with Gasteiger partial charge in [-0.15, -0.1) is 0 Å². The van der Waals surface area contributed by atoms with E-state index in [9.17, 15) is 8.78 Å². The SMILES string of the molecule is Oc1cc(Br)c(CNCCCOCC2CC2)c(F)c1F. The summed E-state index contributed by atoms with van der Waals surface area (Å²) in [5.74, 6) is -2.16. The lowest BCUT2D eigenvalue weighted by atomic mass is 10.2. The summed E-state index contributed by atoms with van der Waals surface area (Å²) in [6, 6.07) is 1.16. The van der Waals surface area contributed by atoms with Crippen molar-refractivity contribution < 1.29 is 18.6 Å². The molecule has 0 heterocycles. The van der Waals surface area contributed by atoms with Crippen LogP contribution in [0.2, 0.25) is 0 Å². The molecule has 0 aliphatic heterocycles. The van der Waals surface area contributed by atoms with Crippen LogP contribution in [0.4, 0.5) is 8.78 Å². The molecule has 1 fully saturated rings. The molecule has 0 aromatic heterocycles. The first-order valence-electron chi connectivity index (χ1n) is 6.73. The van der Waals surface area contributed by atoms with Gasteiger partial charge in [0.1, 0.15) is 0 Å². The molecule has 20 heavy (non-hydrogen) atoms. The molecule has 1 aliphatic carbocycles. The second-order valence-corrected chi connectivity index (χ2v) is 5.89. The largest absolute Gasteiger partial charge is 0.505 e. The van der Waals surface area contributed by atoms with Crippen molar-refractivity contribution in [2.75, 3.05) is 19.8 Å². The van der Waals surface area contributed by atoms with Crippen LogP contribution in [0, 0.1) is 17.6 Å². The minimum atomic E-state index is -1.21. The molecule has 1 aromatic rings. The molecule has 1 aromatic carbocycles. The molecule has 0 bridgehead atoms. The number of aromatic hydroxyl groups is 1. The molecule has 0 atom stereocenters. The van der Waals surface area contributed by atoms with Gasteiger partial charge in [0.25, 0.3) is 0 Å². The normalized spacial score (nSPS) is 14.8. The van der Waals surface area contributed by atoms with Crippen LogP contribution in [0.25, 0.3) is 0 Å². The van der Waals surface area contributed by atoms with Crippen molar-refractivity contribution in [3.05, 3.63) is 27.7 Å². The highest BCUT2D eigenvalue weighted by Gasteiger charge is 2.20. The van der Waals surface area contributed by atoms with E-state index in [4.69, 9.17) is 9.84 Å². The third-order valence-corrected chi connectivity index (χ3v) is 3.94. The van der Waals surface area contributed by atoms with E-state index in [1.54, 1.807) is 0 Å². The summed E-state index contributed by atoms with van der Waals surface area (Å²) in [7, 11) is 0. The molecule has 0 saturated heterocycles. The van der Waals surface area contributed by atoms with Crippen molar-refractivity contribution in [1.82, 2.24) is 5.32 Å². The molecular formula is C14H18BrF2NO2. The second kappa shape index (κ2) is 7.33. The Morgan fingerprint density at radius 1 is 1.35 bits per heavy atom. The first-order valence-corrected chi connectivity index (χ1v) is 7.52. The zero-order chi connectivity index (χ0) is 14.5. The fraction of sp³-hybridized carbons (Fsp3) is 0.571. The van der Waals surface area contributed by atoms with Gasteiger partial charge < -0.3 is 15.2 Å². The maximum Gasteiger partial charge on any atom is 0.200 e. The number of phenols is 1. The first kappa shape index (κ1) is 15.7. The summed E-state index contributed by atoms with van der Waals surface area (Å²) in [6.07, 6.45) is 3.38. The summed E-state index contributed by atoms with van der Waals surface area (Å²) < 4.78 is 32.7. The third-order valence-electron chi connectivity index (χ3n) is 3.23. The quantitative estimate of drug-likeness (QED) is 0.558. The highest BCUT2D eigenvalue weighted by Crippen LogP contribution is 2.29. The smallest absolute Gasteiger partial charge is 0.200 e. The Bertz CT molecular complexity index is 467. The van der Waals surface area contributed by atoms with Gasteiger partial charge in [-0.2, -0.15) is 4.39 Å². The molecule has 0 amide bonds. The van der Waals surface area contributed by atoms with Crippen molar-refractivity contribution in [2.45, 2.75) is 25.8 Å². The lowest BCUT2D eigenvalue weighted by molar-refractivity contribution is 0.122. The predicted molar refractivity (Wildman–Crippen MR) is 75.6 cm³/mol. The number of benzene rings is 1. The van der Waals surface area contributed by atoms with Crippen LogP contribution in [0.3, 0.4) is 0 Å². The van der Waals surface area contributed by atoms with Gasteiger partial charge >= 0.3 is 0 Å². The van der Waals surface area contributed by atoms with Crippen LogP contribution >= 0.6 is 15.9 Å². The van der Waals surface area contributed by atoms with Crippen LogP contribution < -0.4 is 5.32 Å². The van der Waals surface area contributed by atoms with Crippen molar-refractivity contribution >= 4 is 15.9 Å². The Morgan fingerprint density at radius 2 is 2.10 bits per heavy atom. The summed E-state index contributed by atoms with van der Waals surface area (Å²) in [5, 5.41) is 12.2. The lowest BCUT2D eigenvalue weighted by Crippen LogP contribution is -2.18. The fourth-order valence-corrected chi connectivity index (χ4v) is 2.36. The fourth-order valence-electron chi connectivity index (χ4n) is 1.83. The molecule has 3 nitrogen and oxygen atoms in total. The summed E-state index contributed by atoms with van der Waals surface area (Å²) in [6.45, 7) is 2.38. The number of phenolic OH excluding ortho intramolecular Hbond substituents is 1. The van der Waals surface area contributed by atoms with Crippen molar-refractivity contribution in [3.8, 4) is 5.75 Å². The van der Waals surface area contributed by atoms with Crippen LogP contribution in [0.5, 0.6) is 5.75 Å². The second-order valence-electron chi connectivity index (χ2n) is 5.03. The number of hydrogen-bond donors (Lipinski definition) is 2. The molecule has 0 radical (unpaired) electrons. The van der Waals surface area contributed by atoms with E-state index in [0.717, 1.165) is 25.0 Å². The molecule has 0 spiro atoms. The van der Waals surface area contributed by atoms with Gasteiger partial charge in [0.2, 0.25) is 5.82 Å². The zero-order valence-electron chi connectivity index (χ0n) is 11.1. The Hall–Kier alpha value is -0.720. The van der Waals surface area contributed by atoms with E-state index < -0.39 is 17.4 Å². The number of nitrogens with one attached hydrogen (secondary N) is 1. The topological polar surface area (TPSA) is 41.5 Å². The van der Waals surface area contributed by atoms with E-state index in [-0.39, 0.29) is 12.1 Å². The van der Waals surface area contributed by atoms with Gasteiger partial charge in [-0.25, -0.2) is 4.39 Å². The van der Waals surface area contributed by atoms with Crippen LogP contribution in [-0.4, -0.2) is 24.9 Å². The average molecular weight is 350 g/mol. The first-order chi connectivity index (χ1) is 9.59. The molecule has 2 N–H and O–H groups in total. The summed E-state index contributed by atoms with van der Waals surface area (Å²) >= 11 is 3.12. The summed E-state index contributed by atoms with van der Waals surface area (Å²) in [4.78, 5) is 0. The zero-order valence-corrected chi connectivity index (χ0v) is 12.7. The number of ether oxygens (including phenoxy) is 1. The maximum absolute atomic E-state index is 13.6. The molecule has 1 aliphatic rings. The van der Waals surface area contributed by atoms with E-state index in [1.807, 2.05) is 0 Å². The van der Waals surface area contributed by atoms with Crippen LogP contribution in [0.15, 0.2) is 10.5 Å². The average Bonchev–Trinajstić information content (AvgIpc) is 3.22. The monoisotopic (exact) mass is 349 g/mol. The molecular weight excluding hydrogens is 332 g/mol. The maximum atomic E-state index is 13.6. The Balaban J connectivity index is 1.69. The molecule has 1 saturated carbocycles. The van der Waals surface area contributed by atoms with Gasteiger partial charge in [-0.1, -0.05) is 15.9 Å². The van der Waals surface area contributed by atoms with E-state index in [1.165, 1.54) is 12.8 Å². The van der Waals surface area contributed by atoms with Crippen LogP contribution in [0.1, 0.15) is 24.8 Å². The summed E-state index contributed by atoms with van der Waals surface area (Å²) in [5.41, 5.74) is 0.180. The predicted octanol–water partition coefficient (Wildman–Crippen LogP) is 3.34. The standard InChI is InChI=1S/C14H18BrF2NO2/c15-11-6-12(19)14(17)13(16)10(11)7-18-4-1-5-20-8-9-2-3-9/h6,9,18-19H,1-5,7-8H2. The minimum Gasteiger partial charge on any atom is -0.505 e.